The zero-order valence-electron chi connectivity index (χ0n) is 14.1. The summed E-state index contributed by atoms with van der Waals surface area (Å²) in [5.41, 5.74) is 1.37. The summed E-state index contributed by atoms with van der Waals surface area (Å²) in [7, 11) is 0. The second kappa shape index (κ2) is 7.03. The summed E-state index contributed by atoms with van der Waals surface area (Å²) in [6.45, 7) is 6.29. The van der Waals surface area contributed by atoms with Crippen LogP contribution in [0.3, 0.4) is 0 Å². The Kier molecular flexibility index (Phi) is 4.83. The largest absolute Gasteiger partial charge is 0.332 e. The Morgan fingerprint density at radius 2 is 2.17 bits per heavy atom. The SMILES string of the molecule is Cc1cnc(C)n1CC1CCCN(C(=O)Nc2ccccc2F)C1. The zero-order chi connectivity index (χ0) is 17.1. The van der Waals surface area contributed by atoms with E-state index in [0.29, 0.717) is 19.0 Å². The fourth-order valence-electron chi connectivity index (χ4n) is 3.27. The fraction of sp³-hybridized carbons (Fsp3) is 0.444. The quantitative estimate of drug-likeness (QED) is 0.935. The lowest BCUT2D eigenvalue weighted by Crippen LogP contribution is -2.43. The molecule has 24 heavy (non-hydrogen) atoms. The maximum Gasteiger partial charge on any atom is 0.321 e. The number of hydrogen-bond donors (Lipinski definition) is 1. The molecule has 1 N–H and O–H groups in total. The molecular formula is C18H23FN4O. The molecule has 2 amide bonds. The molecule has 1 aliphatic rings. The highest BCUT2D eigenvalue weighted by atomic mass is 19.1. The van der Waals surface area contributed by atoms with Gasteiger partial charge in [0, 0.05) is 31.5 Å². The molecule has 0 spiro atoms. The minimum atomic E-state index is -0.413. The highest BCUT2D eigenvalue weighted by Gasteiger charge is 2.25. The number of nitrogens with one attached hydrogen (secondary N) is 1. The van der Waals surface area contributed by atoms with E-state index >= 15 is 0 Å². The van der Waals surface area contributed by atoms with Crippen molar-refractivity contribution in [3.63, 3.8) is 0 Å². The highest BCUT2D eigenvalue weighted by molar-refractivity contribution is 5.89. The van der Waals surface area contributed by atoms with Crippen LogP contribution in [-0.2, 0) is 6.54 Å². The van der Waals surface area contributed by atoms with Crippen molar-refractivity contribution < 1.29 is 9.18 Å². The maximum atomic E-state index is 13.7. The molecule has 3 rings (SSSR count). The first kappa shape index (κ1) is 16.5. The predicted octanol–water partition coefficient (Wildman–Crippen LogP) is 3.58. The van der Waals surface area contributed by atoms with Crippen LogP contribution in [0.25, 0.3) is 0 Å². The number of nitrogens with zero attached hydrogens (tertiary/aromatic N) is 3. The average molecular weight is 330 g/mol. The van der Waals surface area contributed by atoms with E-state index < -0.39 is 5.82 Å². The molecule has 0 radical (unpaired) electrons. The Morgan fingerprint density at radius 1 is 1.38 bits per heavy atom. The minimum Gasteiger partial charge on any atom is -0.332 e. The number of benzene rings is 1. The Balaban J connectivity index is 1.63. The van der Waals surface area contributed by atoms with E-state index in [1.54, 1.807) is 23.1 Å². The van der Waals surface area contributed by atoms with Gasteiger partial charge in [0.1, 0.15) is 11.6 Å². The molecule has 1 aliphatic heterocycles. The third-order valence-electron chi connectivity index (χ3n) is 4.62. The number of amides is 2. The van der Waals surface area contributed by atoms with Gasteiger partial charge in [0.25, 0.3) is 0 Å². The number of aromatic nitrogens is 2. The third-order valence-corrected chi connectivity index (χ3v) is 4.62. The van der Waals surface area contributed by atoms with Gasteiger partial charge in [-0.05, 0) is 44.7 Å². The topological polar surface area (TPSA) is 50.2 Å². The van der Waals surface area contributed by atoms with Gasteiger partial charge in [-0.1, -0.05) is 12.1 Å². The van der Waals surface area contributed by atoms with Gasteiger partial charge in [-0.15, -0.1) is 0 Å². The number of imidazole rings is 1. The summed E-state index contributed by atoms with van der Waals surface area (Å²) < 4.78 is 15.9. The van der Waals surface area contributed by atoms with Gasteiger partial charge in [0.2, 0.25) is 0 Å². The number of likely N-dealkylation sites (tertiary alicyclic amines) is 1. The summed E-state index contributed by atoms with van der Waals surface area (Å²) in [6.07, 6.45) is 3.92. The first-order valence-electron chi connectivity index (χ1n) is 8.34. The summed E-state index contributed by atoms with van der Waals surface area (Å²) in [4.78, 5) is 18.5. The molecule has 2 aromatic rings. The van der Waals surface area contributed by atoms with Gasteiger partial charge in [0.05, 0.1) is 5.69 Å². The molecule has 1 aromatic heterocycles. The molecule has 0 bridgehead atoms. The molecule has 1 fully saturated rings. The lowest BCUT2D eigenvalue weighted by Gasteiger charge is -2.33. The van der Waals surface area contributed by atoms with E-state index in [-0.39, 0.29) is 11.7 Å². The summed E-state index contributed by atoms with van der Waals surface area (Å²) in [5.74, 6) is 0.973. The minimum absolute atomic E-state index is 0.228. The van der Waals surface area contributed by atoms with E-state index in [9.17, 15) is 9.18 Å². The van der Waals surface area contributed by atoms with Gasteiger partial charge in [-0.3, -0.25) is 0 Å². The number of para-hydroxylation sites is 1. The average Bonchev–Trinajstić information content (AvgIpc) is 2.89. The van der Waals surface area contributed by atoms with Crippen molar-refractivity contribution in [1.82, 2.24) is 14.5 Å². The smallest absolute Gasteiger partial charge is 0.321 e. The van der Waals surface area contributed by atoms with E-state index in [4.69, 9.17) is 0 Å². The maximum absolute atomic E-state index is 13.7. The molecule has 2 heterocycles. The van der Waals surface area contributed by atoms with Gasteiger partial charge < -0.3 is 14.8 Å². The predicted molar refractivity (Wildman–Crippen MR) is 91.4 cm³/mol. The van der Waals surface area contributed by atoms with Crippen LogP contribution in [0.2, 0.25) is 0 Å². The number of hydrogen-bond acceptors (Lipinski definition) is 2. The van der Waals surface area contributed by atoms with Crippen LogP contribution in [0.5, 0.6) is 0 Å². The first-order chi connectivity index (χ1) is 11.5. The van der Waals surface area contributed by atoms with Crippen molar-refractivity contribution in [3.05, 3.63) is 47.8 Å². The van der Waals surface area contributed by atoms with Crippen molar-refractivity contribution in [2.45, 2.75) is 33.2 Å². The number of urea groups is 1. The summed E-state index contributed by atoms with van der Waals surface area (Å²) in [5, 5.41) is 2.67. The van der Waals surface area contributed by atoms with Crippen LogP contribution in [0.1, 0.15) is 24.4 Å². The molecule has 6 heteroatoms. The highest BCUT2D eigenvalue weighted by Crippen LogP contribution is 2.21. The molecule has 1 saturated heterocycles. The fourth-order valence-corrected chi connectivity index (χ4v) is 3.27. The molecule has 0 aliphatic carbocycles. The first-order valence-corrected chi connectivity index (χ1v) is 8.34. The van der Waals surface area contributed by atoms with Gasteiger partial charge in [0.15, 0.2) is 0 Å². The normalized spacial score (nSPS) is 17.8. The van der Waals surface area contributed by atoms with E-state index in [2.05, 4.69) is 14.9 Å². The van der Waals surface area contributed by atoms with E-state index in [1.165, 1.54) is 6.07 Å². The van der Waals surface area contributed by atoms with Crippen molar-refractivity contribution in [2.75, 3.05) is 18.4 Å². The van der Waals surface area contributed by atoms with Gasteiger partial charge in [-0.25, -0.2) is 14.2 Å². The molecule has 1 unspecified atom stereocenters. The van der Waals surface area contributed by atoms with Crippen LogP contribution in [-0.4, -0.2) is 33.6 Å². The Labute approximate surface area is 141 Å². The summed E-state index contributed by atoms with van der Waals surface area (Å²) in [6, 6.07) is 6.01. The van der Waals surface area contributed by atoms with Crippen LogP contribution in [0.4, 0.5) is 14.9 Å². The molecule has 1 atom stereocenters. The lowest BCUT2D eigenvalue weighted by atomic mass is 9.98. The molecular weight excluding hydrogens is 307 g/mol. The number of piperidine rings is 1. The second-order valence-corrected chi connectivity index (χ2v) is 6.42. The standard InChI is InChI=1S/C18H23FN4O/c1-13-10-20-14(2)23(13)12-15-6-5-9-22(11-15)18(24)21-17-8-4-3-7-16(17)19/h3-4,7-8,10,15H,5-6,9,11-12H2,1-2H3,(H,21,24). The van der Waals surface area contributed by atoms with E-state index in [1.807, 2.05) is 20.0 Å². The number of rotatable bonds is 3. The molecule has 0 saturated carbocycles. The second-order valence-electron chi connectivity index (χ2n) is 6.42. The molecule has 128 valence electrons. The Hall–Kier alpha value is -2.37. The Bertz CT molecular complexity index is 708. The van der Waals surface area contributed by atoms with Crippen LogP contribution >= 0.6 is 0 Å². The van der Waals surface area contributed by atoms with Crippen LogP contribution < -0.4 is 5.32 Å². The summed E-state index contributed by atoms with van der Waals surface area (Å²) >= 11 is 0. The molecule has 5 nitrogen and oxygen atoms in total. The Morgan fingerprint density at radius 3 is 2.88 bits per heavy atom. The van der Waals surface area contributed by atoms with Crippen LogP contribution in [0.15, 0.2) is 30.5 Å². The number of anilines is 1. The number of halogens is 1. The van der Waals surface area contributed by atoms with Crippen molar-refractivity contribution in [3.8, 4) is 0 Å². The van der Waals surface area contributed by atoms with Crippen molar-refractivity contribution in [2.24, 2.45) is 5.92 Å². The monoisotopic (exact) mass is 330 g/mol. The van der Waals surface area contributed by atoms with Crippen molar-refractivity contribution >= 4 is 11.7 Å². The number of aryl methyl sites for hydroxylation is 2. The zero-order valence-corrected chi connectivity index (χ0v) is 14.1. The molecule has 1 aromatic carbocycles. The number of carbonyl (C=O) groups is 1. The van der Waals surface area contributed by atoms with Crippen LogP contribution in [0, 0.1) is 25.6 Å². The number of carbonyl (C=O) groups excluding carboxylic acids is 1. The lowest BCUT2D eigenvalue weighted by molar-refractivity contribution is 0.170. The third kappa shape index (κ3) is 3.58. The van der Waals surface area contributed by atoms with E-state index in [0.717, 1.165) is 30.9 Å². The van der Waals surface area contributed by atoms with Gasteiger partial charge in [-0.2, -0.15) is 0 Å². The van der Waals surface area contributed by atoms with Crippen molar-refractivity contribution in [1.29, 1.82) is 0 Å². The van der Waals surface area contributed by atoms with Gasteiger partial charge >= 0.3 is 6.03 Å².